The Morgan fingerprint density at radius 2 is 2.10 bits per heavy atom. The SMILES string of the molecule is C=CC(=O)CSCC(N)=O. The molecule has 0 heterocycles. The first kappa shape index (κ1) is 9.23. The van der Waals surface area contributed by atoms with Crippen LogP contribution < -0.4 is 5.73 Å². The van der Waals surface area contributed by atoms with Crippen molar-refractivity contribution in [3.05, 3.63) is 12.7 Å². The zero-order valence-electron chi connectivity index (χ0n) is 5.50. The number of ketones is 1. The van der Waals surface area contributed by atoms with Crippen molar-refractivity contribution in [1.29, 1.82) is 0 Å². The largest absolute Gasteiger partial charge is 0.369 e. The van der Waals surface area contributed by atoms with Gasteiger partial charge in [0.15, 0.2) is 5.78 Å². The fourth-order valence-electron chi connectivity index (χ4n) is 0.311. The molecule has 56 valence electrons. The molecule has 0 spiro atoms. The van der Waals surface area contributed by atoms with E-state index in [1.165, 1.54) is 17.8 Å². The van der Waals surface area contributed by atoms with E-state index in [9.17, 15) is 9.59 Å². The fraction of sp³-hybridized carbons (Fsp3) is 0.333. The van der Waals surface area contributed by atoms with Gasteiger partial charge in [0.05, 0.1) is 11.5 Å². The number of hydrogen-bond acceptors (Lipinski definition) is 3. The van der Waals surface area contributed by atoms with E-state index >= 15 is 0 Å². The number of carbonyl (C=O) groups excluding carboxylic acids is 2. The Hall–Kier alpha value is -0.770. The summed E-state index contributed by atoms with van der Waals surface area (Å²) in [7, 11) is 0. The summed E-state index contributed by atoms with van der Waals surface area (Å²) in [6, 6.07) is 0. The van der Waals surface area contributed by atoms with Gasteiger partial charge in [-0.3, -0.25) is 9.59 Å². The van der Waals surface area contributed by atoms with Crippen molar-refractivity contribution < 1.29 is 9.59 Å². The predicted octanol–water partition coefficient (Wildman–Crippen LogP) is -0.0400. The fourth-order valence-corrected chi connectivity index (χ4v) is 0.933. The minimum atomic E-state index is -0.401. The molecule has 0 aliphatic rings. The Bertz CT molecular complexity index is 156. The molecule has 0 rings (SSSR count). The minimum Gasteiger partial charge on any atom is -0.369 e. The highest BCUT2D eigenvalue weighted by atomic mass is 32.2. The molecule has 10 heavy (non-hydrogen) atoms. The van der Waals surface area contributed by atoms with E-state index in [0.717, 1.165) is 0 Å². The second-order valence-electron chi connectivity index (χ2n) is 1.63. The van der Waals surface area contributed by atoms with Crippen molar-refractivity contribution in [3.63, 3.8) is 0 Å². The molecule has 1 amide bonds. The third kappa shape index (κ3) is 5.37. The van der Waals surface area contributed by atoms with Crippen LogP contribution in [0, 0.1) is 0 Å². The molecule has 0 bridgehead atoms. The second kappa shape index (κ2) is 5.05. The molecule has 0 atom stereocenters. The van der Waals surface area contributed by atoms with E-state index in [1.807, 2.05) is 0 Å². The van der Waals surface area contributed by atoms with Crippen LogP contribution in [0.2, 0.25) is 0 Å². The number of thioether (sulfide) groups is 1. The van der Waals surface area contributed by atoms with Gasteiger partial charge in [0.25, 0.3) is 0 Å². The molecule has 0 unspecified atom stereocenters. The summed E-state index contributed by atoms with van der Waals surface area (Å²) in [5.74, 6) is -0.000405. The average molecular weight is 159 g/mol. The van der Waals surface area contributed by atoms with Gasteiger partial charge >= 0.3 is 0 Å². The Morgan fingerprint density at radius 3 is 2.50 bits per heavy atom. The predicted molar refractivity (Wildman–Crippen MR) is 41.7 cm³/mol. The Kier molecular flexibility index (Phi) is 4.66. The molecular weight excluding hydrogens is 150 g/mol. The quantitative estimate of drug-likeness (QED) is 0.572. The highest BCUT2D eigenvalue weighted by molar-refractivity contribution is 8.00. The van der Waals surface area contributed by atoms with Crippen molar-refractivity contribution in [3.8, 4) is 0 Å². The molecule has 0 fully saturated rings. The average Bonchev–Trinajstić information content (AvgIpc) is 1.87. The van der Waals surface area contributed by atoms with Crippen LogP contribution in [0.4, 0.5) is 0 Å². The maximum Gasteiger partial charge on any atom is 0.227 e. The van der Waals surface area contributed by atoms with Gasteiger partial charge < -0.3 is 5.73 Å². The molecular formula is C6H9NO2S. The van der Waals surface area contributed by atoms with Crippen LogP contribution in [0.5, 0.6) is 0 Å². The van der Waals surface area contributed by atoms with Gasteiger partial charge in [-0.1, -0.05) is 6.58 Å². The van der Waals surface area contributed by atoms with E-state index in [-0.39, 0.29) is 17.3 Å². The van der Waals surface area contributed by atoms with Crippen molar-refractivity contribution >= 4 is 23.5 Å². The lowest BCUT2D eigenvalue weighted by Crippen LogP contribution is -2.14. The maximum atomic E-state index is 10.5. The number of primary amides is 1. The molecule has 0 radical (unpaired) electrons. The highest BCUT2D eigenvalue weighted by Gasteiger charge is 1.97. The molecule has 0 saturated heterocycles. The summed E-state index contributed by atoms with van der Waals surface area (Å²) in [5.41, 5.74) is 4.82. The number of amides is 1. The van der Waals surface area contributed by atoms with E-state index in [2.05, 4.69) is 6.58 Å². The maximum absolute atomic E-state index is 10.5. The zero-order valence-corrected chi connectivity index (χ0v) is 6.32. The van der Waals surface area contributed by atoms with E-state index in [1.54, 1.807) is 0 Å². The first-order valence-corrected chi connectivity index (χ1v) is 3.83. The third-order valence-electron chi connectivity index (χ3n) is 0.716. The van der Waals surface area contributed by atoms with Crippen LogP contribution in [0.1, 0.15) is 0 Å². The second-order valence-corrected chi connectivity index (χ2v) is 2.62. The molecule has 0 aromatic rings. The van der Waals surface area contributed by atoms with Crippen LogP contribution in [0.25, 0.3) is 0 Å². The number of nitrogens with two attached hydrogens (primary N) is 1. The topological polar surface area (TPSA) is 60.2 Å². The Morgan fingerprint density at radius 1 is 1.50 bits per heavy atom. The molecule has 4 heteroatoms. The van der Waals surface area contributed by atoms with Crippen molar-refractivity contribution in [2.45, 2.75) is 0 Å². The Balaban J connectivity index is 3.28. The van der Waals surface area contributed by atoms with Gasteiger partial charge in [-0.2, -0.15) is 0 Å². The summed E-state index contributed by atoms with van der Waals surface area (Å²) >= 11 is 1.20. The summed E-state index contributed by atoms with van der Waals surface area (Å²) in [6.07, 6.45) is 1.23. The van der Waals surface area contributed by atoms with Crippen LogP contribution in [-0.4, -0.2) is 23.2 Å². The highest BCUT2D eigenvalue weighted by Crippen LogP contribution is 1.98. The van der Waals surface area contributed by atoms with Gasteiger partial charge in [-0.25, -0.2) is 0 Å². The van der Waals surface area contributed by atoms with Crippen molar-refractivity contribution in [2.24, 2.45) is 5.73 Å². The Labute approximate surface area is 63.7 Å². The molecule has 0 aromatic heterocycles. The van der Waals surface area contributed by atoms with Crippen LogP contribution in [0.15, 0.2) is 12.7 Å². The lowest BCUT2D eigenvalue weighted by Gasteiger charge is -1.92. The molecule has 0 aliphatic carbocycles. The third-order valence-corrected chi connectivity index (χ3v) is 1.69. The molecule has 0 saturated carbocycles. The smallest absolute Gasteiger partial charge is 0.227 e. The molecule has 0 aliphatic heterocycles. The van der Waals surface area contributed by atoms with Gasteiger partial charge in [0.1, 0.15) is 0 Å². The monoisotopic (exact) mass is 159 g/mol. The van der Waals surface area contributed by atoms with Gasteiger partial charge in [-0.15, -0.1) is 11.8 Å². The number of allylic oxidation sites excluding steroid dienone is 1. The zero-order chi connectivity index (χ0) is 7.98. The lowest BCUT2D eigenvalue weighted by molar-refractivity contribution is -0.115. The van der Waals surface area contributed by atoms with Crippen molar-refractivity contribution in [2.75, 3.05) is 11.5 Å². The van der Waals surface area contributed by atoms with E-state index in [0.29, 0.717) is 0 Å². The van der Waals surface area contributed by atoms with E-state index in [4.69, 9.17) is 5.73 Å². The lowest BCUT2D eigenvalue weighted by atomic mass is 10.5. The molecule has 2 N–H and O–H groups in total. The standard InChI is InChI=1S/C6H9NO2S/c1-2-5(8)3-10-4-6(7)9/h2H,1,3-4H2,(H2,7,9). The van der Waals surface area contributed by atoms with Gasteiger partial charge in [0, 0.05) is 0 Å². The number of rotatable bonds is 5. The van der Waals surface area contributed by atoms with Crippen LogP contribution in [-0.2, 0) is 9.59 Å². The summed E-state index contributed by atoms with van der Waals surface area (Å²) in [6.45, 7) is 3.28. The number of hydrogen-bond donors (Lipinski definition) is 1. The number of carbonyl (C=O) groups is 2. The van der Waals surface area contributed by atoms with Gasteiger partial charge in [-0.05, 0) is 6.08 Å². The first-order chi connectivity index (χ1) is 4.66. The van der Waals surface area contributed by atoms with Crippen LogP contribution in [0.3, 0.4) is 0 Å². The summed E-state index contributed by atoms with van der Waals surface area (Å²) < 4.78 is 0. The van der Waals surface area contributed by atoms with E-state index < -0.39 is 5.91 Å². The van der Waals surface area contributed by atoms with Crippen molar-refractivity contribution in [1.82, 2.24) is 0 Å². The summed E-state index contributed by atoms with van der Waals surface area (Å²) in [5, 5.41) is 0. The minimum absolute atomic E-state index is 0.0775. The summed E-state index contributed by atoms with van der Waals surface area (Å²) in [4.78, 5) is 20.6. The van der Waals surface area contributed by atoms with Gasteiger partial charge in [0.2, 0.25) is 5.91 Å². The molecule has 3 nitrogen and oxygen atoms in total. The first-order valence-electron chi connectivity index (χ1n) is 2.68. The molecule has 0 aromatic carbocycles. The normalized spacial score (nSPS) is 8.80. The van der Waals surface area contributed by atoms with Crippen LogP contribution >= 0.6 is 11.8 Å².